The maximum atomic E-state index is 6.08. The summed E-state index contributed by atoms with van der Waals surface area (Å²) in [5.74, 6) is 0. The minimum absolute atomic E-state index is 0.417. The van der Waals surface area contributed by atoms with Crippen LogP contribution in [0.25, 0.3) is 0 Å². The molecule has 2 nitrogen and oxygen atoms in total. The van der Waals surface area contributed by atoms with Crippen LogP contribution in [-0.4, -0.2) is 30.6 Å². The lowest BCUT2D eigenvalue weighted by atomic mass is 9.92. The van der Waals surface area contributed by atoms with E-state index < -0.39 is 0 Å². The normalized spacial score (nSPS) is 28.7. The van der Waals surface area contributed by atoms with E-state index in [1.54, 1.807) is 0 Å². The third-order valence-electron chi connectivity index (χ3n) is 3.31. The number of nitrogens with two attached hydrogens (primary N) is 1. The van der Waals surface area contributed by atoms with Crippen LogP contribution in [0.15, 0.2) is 0 Å². The van der Waals surface area contributed by atoms with Gasteiger partial charge < -0.3 is 10.6 Å². The van der Waals surface area contributed by atoms with Crippen molar-refractivity contribution in [1.29, 1.82) is 0 Å². The fourth-order valence-corrected chi connectivity index (χ4v) is 2.19. The summed E-state index contributed by atoms with van der Waals surface area (Å²) in [7, 11) is 2.22. The van der Waals surface area contributed by atoms with Crippen LogP contribution in [0.5, 0.6) is 0 Å². The molecule has 2 N–H and O–H groups in total. The summed E-state index contributed by atoms with van der Waals surface area (Å²) < 4.78 is 0. The highest BCUT2D eigenvalue weighted by Gasteiger charge is 2.27. The fraction of sp³-hybridized carbons (Fsp3) is 1.00. The van der Waals surface area contributed by atoms with E-state index in [-0.39, 0.29) is 0 Å². The molecule has 0 amide bonds. The van der Waals surface area contributed by atoms with Crippen molar-refractivity contribution in [3.8, 4) is 0 Å². The van der Waals surface area contributed by atoms with Crippen molar-refractivity contribution < 1.29 is 0 Å². The Balaban J connectivity index is 2.31. The minimum Gasteiger partial charge on any atom is -0.326 e. The number of hydrogen-bond acceptors (Lipinski definition) is 2. The molecule has 0 spiro atoms. The van der Waals surface area contributed by atoms with Crippen molar-refractivity contribution in [2.45, 2.75) is 58.5 Å². The van der Waals surface area contributed by atoms with Gasteiger partial charge >= 0.3 is 0 Å². The number of hydrogen-bond donors (Lipinski definition) is 1. The monoisotopic (exact) mass is 198 g/mol. The Morgan fingerprint density at radius 2 is 1.93 bits per heavy atom. The summed E-state index contributed by atoms with van der Waals surface area (Å²) in [6.07, 6.45) is 5.07. The molecular formula is C12H26N2. The third kappa shape index (κ3) is 3.58. The van der Waals surface area contributed by atoms with Crippen LogP contribution in [0.1, 0.15) is 46.5 Å². The lowest BCUT2D eigenvalue weighted by molar-refractivity contribution is 0.196. The summed E-state index contributed by atoms with van der Waals surface area (Å²) >= 11 is 0. The van der Waals surface area contributed by atoms with E-state index in [9.17, 15) is 0 Å². The van der Waals surface area contributed by atoms with E-state index in [1.165, 1.54) is 32.2 Å². The molecule has 1 rings (SSSR count). The molecule has 1 aliphatic carbocycles. The minimum atomic E-state index is 0.417. The molecule has 2 unspecified atom stereocenters. The number of likely N-dealkylation sites (N-methyl/N-ethyl adjacent to an activating group) is 1. The molecule has 0 bridgehead atoms. The van der Waals surface area contributed by atoms with Crippen molar-refractivity contribution in [2.24, 2.45) is 11.1 Å². The highest BCUT2D eigenvalue weighted by Crippen LogP contribution is 2.24. The van der Waals surface area contributed by atoms with Crippen molar-refractivity contribution in [3.63, 3.8) is 0 Å². The summed E-state index contributed by atoms with van der Waals surface area (Å²) in [6, 6.07) is 1.05. The van der Waals surface area contributed by atoms with Gasteiger partial charge in [0.25, 0.3) is 0 Å². The van der Waals surface area contributed by atoms with Gasteiger partial charge in [-0.1, -0.05) is 27.2 Å². The molecule has 0 heterocycles. The Morgan fingerprint density at radius 1 is 1.29 bits per heavy atom. The van der Waals surface area contributed by atoms with Crippen LogP contribution < -0.4 is 5.73 Å². The second kappa shape index (κ2) is 4.63. The second-order valence-electron chi connectivity index (χ2n) is 5.95. The van der Waals surface area contributed by atoms with Crippen LogP contribution in [0.3, 0.4) is 0 Å². The Bertz CT molecular complexity index is 172. The largest absolute Gasteiger partial charge is 0.326 e. The third-order valence-corrected chi connectivity index (χ3v) is 3.31. The van der Waals surface area contributed by atoms with Crippen molar-refractivity contribution in [2.75, 3.05) is 13.6 Å². The Morgan fingerprint density at radius 3 is 2.36 bits per heavy atom. The van der Waals surface area contributed by atoms with Gasteiger partial charge in [-0.05, 0) is 38.3 Å². The zero-order chi connectivity index (χ0) is 10.8. The van der Waals surface area contributed by atoms with Gasteiger partial charge in [-0.3, -0.25) is 0 Å². The van der Waals surface area contributed by atoms with Crippen LogP contribution in [-0.2, 0) is 0 Å². The molecule has 0 aliphatic heterocycles. The highest BCUT2D eigenvalue weighted by atomic mass is 15.1. The quantitative estimate of drug-likeness (QED) is 0.753. The van der Waals surface area contributed by atoms with E-state index in [4.69, 9.17) is 5.73 Å². The molecule has 0 aromatic carbocycles. The number of rotatable bonds is 3. The van der Waals surface area contributed by atoms with Gasteiger partial charge in [-0.15, -0.1) is 0 Å². The Kier molecular flexibility index (Phi) is 3.96. The van der Waals surface area contributed by atoms with Gasteiger partial charge in [0.1, 0.15) is 0 Å². The molecule has 14 heavy (non-hydrogen) atoms. The lowest BCUT2D eigenvalue weighted by Gasteiger charge is -2.30. The summed E-state index contributed by atoms with van der Waals surface area (Å²) in [4.78, 5) is 2.46. The van der Waals surface area contributed by atoms with Crippen LogP contribution in [0, 0.1) is 5.41 Å². The molecule has 1 aliphatic rings. The molecule has 0 saturated heterocycles. The second-order valence-corrected chi connectivity index (χ2v) is 5.95. The van der Waals surface area contributed by atoms with E-state index in [0.717, 1.165) is 0 Å². The average Bonchev–Trinajstić information content (AvgIpc) is 2.46. The molecule has 0 radical (unpaired) electrons. The Hall–Kier alpha value is -0.0800. The SMILES string of the molecule is CN(CCC(C)(C)C)C1CCCC1N. The average molecular weight is 198 g/mol. The van der Waals surface area contributed by atoms with Crippen LogP contribution in [0.2, 0.25) is 0 Å². The molecule has 0 aromatic heterocycles. The molecule has 1 saturated carbocycles. The standard InChI is InChI=1S/C12H26N2/c1-12(2,3)8-9-14(4)11-7-5-6-10(11)13/h10-11H,5-9,13H2,1-4H3. The van der Waals surface area contributed by atoms with Crippen LogP contribution >= 0.6 is 0 Å². The predicted octanol–water partition coefficient (Wildman–Crippen LogP) is 2.23. The van der Waals surface area contributed by atoms with E-state index in [1.807, 2.05) is 0 Å². The highest BCUT2D eigenvalue weighted by molar-refractivity contribution is 4.87. The first-order chi connectivity index (χ1) is 6.40. The molecule has 2 atom stereocenters. The van der Waals surface area contributed by atoms with Gasteiger partial charge in [-0.2, -0.15) is 0 Å². The zero-order valence-corrected chi connectivity index (χ0v) is 10.2. The van der Waals surface area contributed by atoms with Crippen molar-refractivity contribution in [1.82, 2.24) is 4.90 Å². The van der Waals surface area contributed by atoms with E-state index >= 15 is 0 Å². The molecular weight excluding hydrogens is 172 g/mol. The number of nitrogens with zero attached hydrogens (tertiary/aromatic N) is 1. The fourth-order valence-electron chi connectivity index (χ4n) is 2.19. The first kappa shape index (κ1) is 12.0. The zero-order valence-electron chi connectivity index (χ0n) is 10.2. The molecule has 1 fully saturated rings. The van der Waals surface area contributed by atoms with Gasteiger partial charge in [-0.25, -0.2) is 0 Å². The molecule has 2 heteroatoms. The molecule has 84 valence electrons. The summed E-state index contributed by atoms with van der Waals surface area (Å²) in [5, 5.41) is 0. The first-order valence-electron chi connectivity index (χ1n) is 5.86. The maximum absolute atomic E-state index is 6.08. The van der Waals surface area contributed by atoms with Gasteiger partial charge in [0.2, 0.25) is 0 Å². The molecule has 0 aromatic rings. The van der Waals surface area contributed by atoms with Crippen molar-refractivity contribution in [3.05, 3.63) is 0 Å². The van der Waals surface area contributed by atoms with E-state index in [2.05, 4.69) is 32.7 Å². The van der Waals surface area contributed by atoms with Gasteiger partial charge in [0.15, 0.2) is 0 Å². The summed E-state index contributed by atoms with van der Waals surface area (Å²) in [5.41, 5.74) is 6.52. The first-order valence-corrected chi connectivity index (χ1v) is 5.86. The summed E-state index contributed by atoms with van der Waals surface area (Å²) in [6.45, 7) is 8.09. The van der Waals surface area contributed by atoms with Crippen molar-refractivity contribution >= 4 is 0 Å². The van der Waals surface area contributed by atoms with Crippen LogP contribution in [0.4, 0.5) is 0 Å². The smallest absolute Gasteiger partial charge is 0.0244 e. The maximum Gasteiger partial charge on any atom is 0.0244 e. The Labute approximate surface area is 88.8 Å². The lowest BCUT2D eigenvalue weighted by Crippen LogP contribution is -2.43. The topological polar surface area (TPSA) is 29.3 Å². The van der Waals surface area contributed by atoms with E-state index in [0.29, 0.717) is 17.5 Å². The van der Waals surface area contributed by atoms with Gasteiger partial charge in [0.05, 0.1) is 0 Å². The van der Waals surface area contributed by atoms with Gasteiger partial charge in [0, 0.05) is 12.1 Å². The predicted molar refractivity (Wildman–Crippen MR) is 62.3 cm³/mol.